The Kier molecular flexibility index (Phi) is 12.6. The molecule has 5 fully saturated rings. The predicted octanol–water partition coefficient (Wildman–Crippen LogP) is 4.17. The van der Waals surface area contributed by atoms with E-state index in [2.05, 4.69) is 21.9 Å². The maximum Gasteiger partial charge on any atom is 0.626 e. The van der Waals surface area contributed by atoms with E-state index in [1.807, 2.05) is 24.3 Å². The average molecular weight is 839 g/mol. The lowest BCUT2D eigenvalue weighted by Crippen LogP contribution is -2.57. The Labute approximate surface area is 346 Å². The standard InChI is InChI=1S/C43H59N5O10S/c1-5-28-22-43(28,40(51)47-59(54,55)31-16-17-31)46-39(50)34-21-30(23-48(34)24-35(49)38(42(2,3)4)45-41(52)53)57-36-20-27-19-29(58-37-25-56-37)15-18-32(27)44-33(36)14-8-6-7-11-26-12-9-10-13-26/h5,15,18-20,26,28,30-31,34,37-38,45H,1,6-14,16-17,21-25H2,2-4H3,(H,46,50)(H,47,51)(H,52,53)/p+1/t28?,30-,34+,37?,38-,43-/m1/s1. The lowest BCUT2D eigenvalue weighted by Gasteiger charge is -2.31. The van der Waals surface area contributed by atoms with Gasteiger partial charge in [-0.3, -0.25) is 29.3 Å². The quantitative estimate of drug-likeness (QED) is 0.0746. The van der Waals surface area contributed by atoms with E-state index in [-0.39, 0.29) is 32.2 Å². The molecular weight excluding hydrogens is 779 g/mol. The first kappa shape index (κ1) is 42.8. The van der Waals surface area contributed by atoms with Gasteiger partial charge in [0.05, 0.1) is 33.8 Å². The first-order valence-electron chi connectivity index (χ1n) is 21.2. The van der Waals surface area contributed by atoms with E-state index in [0.29, 0.717) is 37.4 Å². The van der Waals surface area contributed by atoms with Crippen molar-refractivity contribution in [3.8, 4) is 11.5 Å². The second kappa shape index (κ2) is 17.4. The normalized spacial score (nSPS) is 26.2. The number of unbranched alkanes of at least 4 members (excludes halogenated alkanes) is 2. The third-order valence-electron chi connectivity index (χ3n) is 12.4. The van der Waals surface area contributed by atoms with Crippen molar-refractivity contribution in [2.75, 3.05) is 19.7 Å². The van der Waals surface area contributed by atoms with Gasteiger partial charge in [0.2, 0.25) is 22.2 Å². The number of hydrogen-bond donors (Lipinski definition) is 3. The Hall–Kier alpha value is -4.28. The number of carbonyl (C=O) groups excluding carboxylic acids is 4. The highest BCUT2D eigenvalue weighted by Gasteiger charge is 2.62. The van der Waals surface area contributed by atoms with E-state index in [9.17, 15) is 27.6 Å². The summed E-state index contributed by atoms with van der Waals surface area (Å²) in [5.74, 6) is -0.226. The molecule has 2 aromatic rings. The zero-order valence-electron chi connectivity index (χ0n) is 34.4. The molecule has 2 aliphatic heterocycles. The number of ketones is 1. The summed E-state index contributed by atoms with van der Waals surface area (Å²) in [6.45, 7) is 9.57. The van der Waals surface area contributed by atoms with Gasteiger partial charge in [-0.2, -0.15) is 0 Å². The van der Waals surface area contributed by atoms with Gasteiger partial charge in [-0.25, -0.2) is 13.4 Å². The zero-order valence-corrected chi connectivity index (χ0v) is 35.2. The van der Waals surface area contributed by atoms with E-state index in [4.69, 9.17) is 24.3 Å². The number of nitrogens with zero attached hydrogens (tertiary/aromatic N) is 2. The van der Waals surface area contributed by atoms with Gasteiger partial charge in [0.15, 0.2) is 5.78 Å². The van der Waals surface area contributed by atoms with Crippen LogP contribution in [0.15, 0.2) is 36.9 Å². The van der Waals surface area contributed by atoms with Crippen LogP contribution in [0.3, 0.4) is 0 Å². The van der Waals surface area contributed by atoms with Crippen molar-refractivity contribution in [2.24, 2.45) is 17.3 Å². The Morgan fingerprint density at radius 2 is 1.83 bits per heavy atom. The first-order chi connectivity index (χ1) is 28.0. The van der Waals surface area contributed by atoms with Gasteiger partial charge in [-0.1, -0.05) is 71.8 Å². The number of aryl methyl sites for hydroxylation is 1. The average Bonchev–Trinajstić information content (AvgIpc) is 4.12. The predicted molar refractivity (Wildman–Crippen MR) is 220 cm³/mol. The molecule has 3 saturated carbocycles. The van der Waals surface area contributed by atoms with E-state index < -0.39 is 74.0 Å². The number of likely N-dealkylation sites (tertiary alicyclic amines) is 1. The third-order valence-corrected chi connectivity index (χ3v) is 14.2. The number of amides is 3. The number of epoxide rings is 1. The summed E-state index contributed by atoms with van der Waals surface area (Å²) in [7, 11) is -3.89. The SMILES string of the molecule is C=CC1C[C@]1(NC(=O)[C@@H]1C[C@@H](Oc2cc3cc(OC4CO4)ccc3nc2CCCCCC2CCCC2)CN1CC(=O)[C@@H](NC(=O)[OH2+])C(C)(C)C)C(=O)NS(=O)(=O)C1CC1. The molecule has 2 unspecified atom stereocenters. The molecule has 3 amide bonds. The van der Waals surface area contributed by atoms with Crippen LogP contribution in [0, 0.1) is 17.3 Å². The lowest BCUT2D eigenvalue weighted by atomic mass is 9.84. The molecule has 0 spiro atoms. The van der Waals surface area contributed by atoms with Crippen LogP contribution < -0.4 is 24.8 Å². The number of rotatable bonds is 20. The summed E-state index contributed by atoms with van der Waals surface area (Å²) >= 11 is 0. The minimum Gasteiger partial charge on any atom is -0.547 e. The molecule has 6 atom stereocenters. The van der Waals surface area contributed by atoms with Gasteiger partial charge in [-0.05, 0) is 67.7 Å². The van der Waals surface area contributed by atoms with Crippen molar-refractivity contribution in [2.45, 2.75) is 140 Å². The Morgan fingerprint density at radius 1 is 1.08 bits per heavy atom. The van der Waals surface area contributed by atoms with Crippen LogP contribution >= 0.6 is 0 Å². The summed E-state index contributed by atoms with van der Waals surface area (Å²) in [5, 5.41) is 13.0. The van der Waals surface area contributed by atoms with Crippen LogP contribution in [0.2, 0.25) is 0 Å². The van der Waals surface area contributed by atoms with Crippen molar-refractivity contribution in [1.29, 1.82) is 0 Å². The number of aromatic nitrogens is 1. The number of benzene rings is 1. The van der Waals surface area contributed by atoms with Crippen molar-refractivity contribution in [1.82, 2.24) is 25.2 Å². The summed E-state index contributed by atoms with van der Waals surface area (Å²) in [6, 6.07) is 5.65. The third kappa shape index (κ3) is 10.5. The number of carbonyl (C=O) groups is 4. The second-order valence-corrected chi connectivity index (χ2v) is 20.2. The molecule has 7 rings (SSSR count). The fourth-order valence-corrected chi connectivity index (χ4v) is 10.1. The molecule has 15 nitrogen and oxygen atoms in total. The number of pyridine rings is 1. The van der Waals surface area contributed by atoms with Gasteiger partial charge < -0.3 is 24.6 Å². The van der Waals surface area contributed by atoms with Crippen molar-refractivity contribution >= 4 is 44.6 Å². The summed E-state index contributed by atoms with van der Waals surface area (Å²) in [6.07, 6.45) is 11.2. The van der Waals surface area contributed by atoms with Gasteiger partial charge in [-0.15, -0.1) is 6.58 Å². The molecule has 0 radical (unpaired) electrons. The zero-order chi connectivity index (χ0) is 42.1. The lowest BCUT2D eigenvalue weighted by molar-refractivity contribution is -0.133. The van der Waals surface area contributed by atoms with E-state index in [1.165, 1.54) is 38.2 Å². The molecule has 2 saturated heterocycles. The highest BCUT2D eigenvalue weighted by molar-refractivity contribution is 7.91. The molecule has 16 heteroatoms. The number of sulfonamides is 1. The number of ether oxygens (including phenoxy) is 3. The number of Topliss-reactive ketones (excluding diaryl/α,β-unsaturated/α-hetero) is 1. The van der Waals surface area contributed by atoms with Gasteiger partial charge >= 0.3 is 6.09 Å². The molecule has 5 aliphatic rings. The molecule has 3 heterocycles. The molecule has 5 N–H and O–H groups in total. The Morgan fingerprint density at radius 3 is 2.47 bits per heavy atom. The van der Waals surface area contributed by atoms with Crippen molar-refractivity contribution in [3.63, 3.8) is 0 Å². The minimum absolute atomic E-state index is 0.141. The fraction of sp³-hybridized carbons (Fsp3) is 0.651. The van der Waals surface area contributed by atoms with Crippen molar-refractivity contribution in [3.05, 3.63) is 42.6 Å². The van der Waals surface area contributed by atoms with Crippen LogP contribution in [-0.2, 0) is 35.6 Å². The maximum absolute atomic E-state index is 14.4. The van der Waals surface area contributed by atoms with Gasteiger partial charge in [0.1, 0.15) is 35.8 Å². The van der Waals surface area contributed by atoms with E-state index in [1.54, 1.807) is 25.7 Å². The largest absolute Gasteiger partial charge is 0.626 e. The van der Waals surface area contributed by atoms with Gasteiger partial charge in [0.25, 0.3) is 5.91 Å². The highest BCUT2D eigenvalue weighted by atomic mass is 32.2. The number of nitrogens with one attached hydrogen (secondary N) is 3. The first-order valence-corrected chi connectivity index (χ1v) is 22.8. The Bertz CT molecular complexity index is 2040. The monoisotopic (exact) mass is 838 g/mol. The maximum atomic E-state index is 14.4. The van der Waals surface area contributed by atoms with Crippen molar-refractivity contribution < 1.29 is 46.9 Å². The summed E-state index contributed by atoms with van der Waals surface area (Å²) in [4.78, 5) is 60.4. The molecule has 0 bridgehead atoms. The smallest absolute Gasteiger partial charge is 0.547 e. The number of fused-ring (bicyclic) bond motifs is 1. The topological polar surface area (TPSA) is 209 Å². The molecule has 322 valence electrons. The number of hydrogen-bond acceptors (Lipinski definition) is 11. The molecule has 3 aliphatic carbocycles. The summed E-state index contributed by atoms with van der Waals surface area (Å²) in [5.41, 5.74) is -0.672. The van der Waals surface area contributed by atoms with E-state index >= 15 is 0 Å². The van der Waals surface area contributed by atoms with Crippen LogP contribution in [0.5, 0.6) is 11.5 Å². The fourth-order valence-electron chi connectivity index (χ4n) is 8.79. The molecule has 1 aromatic heterocycles. The minimum atomic E-state index is -3.89. The van der Waals surface area contributed by atoms with Crippen LogP contribution in [0.25, 0.3) is 10.9 Å². The van der Waals surface area contributed by atoms with Crippen LogP contribution in [-0.4, -0.2) is 102 Å². The second-order valence-electron chi connectivity index (χ2n) is 18.3. The Balaban J connectivity index is 1.13. The van der Waals surface area contributed by atoms with Crippen LogP contribution in [0.4, 0.5) is 4.79 Å². The summed E-state index contributed by atoms with van der Waals surface area (Å²) < 4.78 is 45.6. The van der Waals surface area contributed by atoms with Crippen LogP contribution in [0.1, 0.15) is 104 Å². The highest BCUT2D eigenvalue weighted by Crippen LogP contribution is 2.45. The molecule has 1 aromatic carbocycles. The molecular formula is C43H60N5O10S+. The molecule has 59 heavy (non-hydrogen) atoms. The van der Waals surface area contributed by atoms with Gasteiger partial charge in [0, 0.05) is 24.3 Å². The van der Waals surface area contributed by atoms with E-state index in [0.717, 1.165) is 41.8 Å².